The van der Waals surface area contributed by atoms with Gasteiger partial charge in [-0.25, -0.2) is 0 Å². The number of fused-ring (bicyclic) bond motifs is 1. The fourth-order valence-corrected chi connectivity index (χ4v) is 3.81. The molecule has 1 nitrogen and oxygen atoms in total. The topological polar surface area (TPSA) is 3.24 Å². The van der Waals surface area contributed by atoms with Crippen LogP contribution in [0.25, 0.3) is 0 Å². The van der Waals surface area contributed by atoms with Crippen molar-refractivity contribution < 1.29 is 0 Å². The van der Waals surface area contributed by atoms with Crippen LogP contribution in [0.2, 0.25) is 0 Å². The van der Waals surface area contributed by atoms with E-state index in [9.17, 15) is 0 Å². The third-order valence-corrected chi connectivity index (χ3v) is 4.66. The Hall–Kier alpha value is -0.180. The number of nitrogens with zero attached hydrogens (tertiary/aromatic N) is 1. The highest BCUT2D eigenvalue weighted by Crippen LogP contribution is 2.31. The van der Waals surface area contributed by atoms with Gasteiger partial charge in [-0.05, 0) is 44.0 Å². The van der Waals surface area contributed by atoms with E-state index >= 15 is 0 Å². The molecule has 1 heterocycles. The van der Waals surface area contributed by atoms with Gasteiger partial charge in [0.15, 0.2) is 0 Å². The zero-order valence-electron chi connectivity index (χ0n) is 11.4. The van der Waals surface area contributed by atoms with Gasteiger partial charge in [-0.3, -0.25) is 4.90 Å². The lowest BCUT2D eigenvalue weighted by Crippen LogP contribution is -2.41. The van der Waals surface area contributed by atoms with Gasteiger partial charge in [0.1, 0.15) is 0 Å². The van der Waals surface area contributed by atoms with Gasteiger partial charge in [0.25, 0.3) is 0 Å². The van der Waals surface area contributed by atoms with Gasteiger partial charge in [0.05, 0.1) is 0 Å². The first-order chi connectivity index (χ1) is 8.35. The van der Waals surface area contributed by atoms with Crippen molar-refractivity contribution in [2.75, 3.05) is 18.8 Å². The second-order valence-electron chi connectivity index (χ2n) is 4.81. The molecule has 0 amide bonds. The molecule has 0 fully saturated rings. The maximum Gasteiger partial charge on any atom is 0.0230 e. The molecule has 0 bridgehead atoms. The van der Waals surface area contributed by atoms with Gasteiger partial charge in [0, 0.05) is 16.7 Å². The molecule has 0 aliphatic carbocycles. The van der Waals surface area contributed by atoms with Crippen molar-refractivity contribution in [3.8, 4) is 0 Å². The zero-order valence-corrected chi connectivity index (χ0v) is 13.0. The van der Waals surface area contributed by atoms with E-state index in [0.29, 0.717) is 0 Å². The molecule has 0 aromatic heterocycles. The largest absolute Gasteiger partial charge is 0.299 e. The monoisotopic (exact) mass is 285 g/mol. The Balaban J connectivity index is 0.00000162. The number of thioether (sulfide) groups is 1. The number of benzene rings is 1. The Labute approximate surface area is 122 Å². The van der Waals surface area contributed by atoms with Crippen LogP contribution in [-0.4, -0.2) is 29.8 Å². The highest BCUT2D eigenvalue weighted by Gasteiger charge is 2.23. The van der Waals surface area contributed by atoms with Crippen molar-refractivity contribution in [3.05, 3.63) is 29.8 Å². The van der Waals surface area contributed by atoms with Crippen LogP contribution in [0.3, 0.4) is 0 Å². The zero-order chi connectivity index (χ0) is 12.1. The van der Waals surface area contributed by atoms with Crippen LogP contribution >= 0.6 is 24.2 Å². The van der Waals surface area contributed by atoms with E-state index in [4.69, 9.17) is 0 Å². The molecule has 18 heavy (non-hydrogen) atoms. The smallest absolute Gasteiger partial charge is 0.0230 e. The Bertz CT molecular complexity index is 350. The summed E-state index contributed by atoms with van der Waals surface area (Å²) in [6.45, 7) is 7.07. The molecule has 0 spiro atoms. The van der Waals surface area contributed by atoms with E-state index in [0.717, 1.165) is 6.04 Å². The van der Waals surface area contributed by atoms with Crippen molar-refractivity contribution in [1.82, 2.24) is 4.90 Å². The van der Waals surface area contributed by atoms with E-state index in [-0.39, 0.29) is 12.4 Å². The van der Waals surface area contributed by atoms with Crippen LogP contribution in [0, 0.1) is 0 Å². The molecule has 1 aromatic rings. The van der Waals surface area contributed by atoms with E-state index in [1.165, 1.54) is 43.0 Å². The minimum Gasteiger partial charge on any atom is -0.299 e. The van der Waals surface area contributed by atoms with E-state index in [2.05, 4.69) is 43.0 Å². The Morgan fingerprint density at radius 2 is 1.83 bits per heavy atom. The van der Waals surface area contributed by atoms with Crippen LogP contribution < -0.4 is 0 Å². The third-order valence-electron chi connectivity index (χ3n) is 3.40. The van der Waals surface area contributed by atoms with Gasteiger partial charge < -0.3 is 0 Å². The fraction of sp³-hybridized carbons (Fsp3) is 0.600. The predicted molar refractivity (Wildman–Crippen MR) is 84.1 cm³/mol. The van der Waals surface area contributed by atoms with Crippen LogP contribution in [0.5, 0.6) is 0 Å². The summed E-state index contributed by atoms with van der Waals surface area (Å²) in [6.07, 6.45) is 3.77. The predicted octanol–water partition coefficient (Wildman–Crippen LogP) is 4.25. The molecule has 1 atom stereocenters. The molecule has 102 valence electrons. The molecule has 2 rings (SSSR count). The van der Waals surface area contributed by atoms with Gasteiger partial charge in [-0.2, -0.15) is 0 Å². The molecule has 0 N–H and O–H groups in total. The van der Waals surface area contributed by atoms with Crippen molar-refractivity contribution in [2.24, 2.45) is 0 Å². The summed E-state index contributed by atoms with van der Waals surface area (Å²) < 4.78 is 0. The summed E-state index contributed by atoms with van der Waals surface area (Å²) in [5, 5.41) is 0. The summed E-state index contributed by atoms with van der Waals surface area (Å²) in [6, 6.07) is 9.63. The SMILES string of the molecule is CCCN(CCC)C1CSc2ccccc2C1.Cl. The van der Waals surface area contributed by atoms with Crippen LogP contribution in [-0.2, 0) is 6.42 Å². The number of rotatable bonds is 5. The molecule has 3 heteroatoms. The molecular formula is C15H24ClNS. The maximum absolute atomic E-state index is 2.68. The molecule has 0 radical (unpaired) electrons. The lowest BCUT2D eigenvalue weighted by atomic mass is 10.0. The first kappa shape index (κ1) is 15.9. The standard InChI is InChI=1S/C15H23NS.ClH/c1-3-9-16(10-4-2)14-11-13-7-5-6-8-15(13)17-12-14;/h5-8,14H,3-4,9-12H2,1-2H3;1H. The Kier molecular flexibility index (Phi) is 7.13. The third kappa shape index (κ3) is 3.91. The van der Waals surface area contributed by atoms with Crippen LogP contribution in [0.4, 0.5) is 0 Å². The molecule has 1 aliphatic rings. The molecule has 1 unspecified atom stereocenters. The summed E-state index contributed by atoms with van der Waals surface area (Å²) >= 11 is 2.04. The minimum absolute atomic E-state index is 0. The number of hydrogen-bond donors (Lipinski definition) is 0. The molecule has 1 aliphatic heterocycles. The molecule has 0 saturated heterocycles. The quantitative estimate of drug-likeness (QED) is 0.796. The Morgan fingerprint density at radius 1 is 1.17 bits per heavy atom. The first-order valence-electron chi connectivity index (χ1n) is 6.80. The average molecular weight is 286 g/mol. The van der Waals surface area contributed by atoms with Gasteiger partial charge in [-0.15, -0.1) is 24.2 Å². The summed E-state index contributed by atoms with van der Waals surface area (Å²) in [7, 11) is 0. The fourth-order valence-electron chi connectivity index (χ4n) is 2.60. The summed E-state index contributed by atoms with van der Waals surface area (Å²) in [5.74, 6) is 1.26. The number of hydrogen-bond acceptors (Lipinski definition) is 2. The van der Waals surface area contributed by atoms with E-state index < -0.39 is 0 Å². The maximum atomic E-state index is 2.68. The highest BCUT2D eigenvalue weighted by molar-refractivity contribution is 7.99. The molecule has 0 saturated carbocycles. The van der Waals surface area contributed by atoms with Crippen LogP contribution in [0.1, 0.15) is 32.3 Å². The average Bonchev–Trinajstić information content (AvgIpc) is 2.38. The molecular weight excluding hydrogens is 262 g/mol. The van der Waals surface area contributed by atoms with Gasteiger partial charge >= 0.3 is 0 Å². The second kappa shape index (κ2) is 8.08. The van der Waals surface area contributed by atoms with Gasteiger partial charge in [0.2, 0.25) is 0 Å². The van der Waals surface area contributed by atoms with Crippen molar-refractivity contribution in [3.63, 3.8) is 0 Å². The minimum atomic E-state index is 0. The highest BCUT2D eigenvalue weighted by atomic mass is 35.5. The summed E-state index contributed by atoms with van der Waals surface area (Å²) in [5.41, 5.74) is 1.55. The van der Waals surface area contributed by atoms with Crippen molar-refractivity contribution >= 4 is 24.2 Å². The van der Waals surface area contributed by atoms with E-state index in [1.807, 2.05) is 11.8 Å². The molecule has 1 aromatic carbocycles. The van der Waals surface area contributed by atoms with Crippen LogP contribution in [0.15, 0.2) is 29.2 Å². The normalized spacial score (nSPS) is 18.3. The van der Waals surface area contributed by atoms with E-state index in [1.54, 1.807) is 5.56 Å². The first-order valence-corrected chi connectivity index (χ1v) is 7.78. The number of halogens is 1. The lowest BCUT2D eigenvalue weighted by molar-refractivity contribution is 0.209. The lowest BCUT2D eigenvalue weighted by Gasteiger charge is -2.34. The Morgan fingerprint density at radius 3 is 2.50 bits per heavy atom. The summed E-state index contributed by atoms with van der Waals surface area (Å²) in [4.78, 5) is 4.18. The second-order valence-corrected chi connectivity index (χ2v) is 5.87. The van der Waals surface area contributed by atoms with Crippen molar-refractivity contribution in [2.45, 2.75) is 44.0 Å². The van der Waals surface area contributed by atoms with Gasteiger partial charge in [-0.1, -0.05) is 32.0 Å². The van der Waals surface area contributed by atoms with Crippen molar-refractivity contribution in [1.29, 1.82) is 0 Å².